The molecule has 0 N–H and O–H groups in total. The molecule has 0 saturated carbocycles. The normalized spacial score (nSPS) is 32.9. The van der Waals surface area contributed by atoms with Gasteiger partial charge in [-0.1, -0.05) is 44.2 Å². The van der Waals surface area contributed by atoms with E-state index in [-0.39, 0.29) is 0 Å². The lowest BCUT2D eigenvalue weighted by Crippen LogP contribution is -2.41. The summed E-state index contributed by atoms with van der Waals surface area (Å²) in [6.45, 7) is 8.64. The van der Waals surface area contributed by atoms with Gasteiger partial charge in [-0.25, -0.2) is 0 Å². The first kappa shape index (κ1) is 12.6. The van der Waals surface area contributed by atoms with E-state index in [9.17, 15) is 0 Å². The summed E-state index contributed by atoms with van der Waals surface area (Å²) in [5, 5.41) is 0. The predicted octanol–water partition coefficient (Wildman–Crippen LogP) is 3.70. The highest BCUT2D eigenvalue weighted by atomic mass is 15.3. The molecule has 1 heterocycles. The van der Waals surface area contributed by atoms with Gasteiger partial charge in [-0.05, 0) is 12.8 Å². The Morgan fingerprint density at radius 1 is 1.00 bits per heavy atom. The van der Waals surface area contributed by atoms with Gasteiger partial charge in [0.25, 0.3) is 0 Å². The smallest absolute Gasteiger partial charge is 0.104 e. The van der Waals surface area contributed by atoms with E-state index < -0.39 is 0 Å². The van der Waals surface area contributed by atoms with Gasteiger partial charge in [0.05, 0.1) is 20.1 Å². The van der Waals surface area contributed by atoms with E-state index in [4.69, 9.17) is 0 Å². The predicted molar refractivity (Wildman–Crippen MR) is 73.6 cm³/mol. The van der Waals surface area contributed by atoms with E-state index in [1.54, 1.807) is 0 Å². The van der Waals surface area contributed by atoms with Crippen LogP contribution in [0.15, 0.2) is 30.3 Å². The van der Waals surface area contributed by atoms with Crippen molar-refractivity contribution in [3.8, 4) is 0 Å². The highest BCUT2D eigenvalue weighted by Crippen LogP contribution is 2.34. The molecule has 1 aliphatic heterocycles. The summed E-state index contributed by atoms with van der Waals surface area (Å²) in [5.74, 6) is 1.88. The second-order valence-electron chi connectivity index (χ2n) is 5.97. The summed E-state index contributed by atoms with van der Waals surface area (Å²) < 4.78 is 1.24. The first-order chi connectivity index (χ1) is 8.17. The van der Waals surface area contributed by atoms with E-state index in [0.29, 0.717) is 0 Å². The molecule has 0 amide bonds. The Morgan fingerprint density at radius 3 is 2.00 bits per heavy atom. The van der Waals surface area contributed by atoms with Crippen molar-refractivity contribution in [1.82, 2.24) is 0 Å². The number of hydrogen-bond acceptors (Lipinski definition) is 0. The Morgan fingerprint density at radius 2 is 1.53 bits per heavy atom. The van der Waals surface area contributed by atoms with Crippen molar-refractivity contribution in [1.29, 1.82) is 0 Å². The van der Waals surface area contributed by atoms with Crippen molar-refractivity contribution in [2.45, 2.75) is 33.2 Å². The van der Waals surface area contributed by atoms with Crippen LogP contribution in [0.25, 0.3) is 0 Å². The molecule has 1 aromatic rings. The summed E-state index contributed by atoms with van der Waals surface area (Å²) in [5.41, 5.74) is 1.49. The Labute approximate surface area is 106 Å². The standard InChI is InChI=1S/C16H26N/c1-4-15-12-17(3,13-16(15)5-2)11-14-9-7-6-8-10-14/h6-10,15-16H,4-5,11-13H2,1-3H3/q+1. The van der Waals surface area contributed by atoms with Crippen molar-refractivity contribution in [3.05, 3.63) is 35.9 Å². The molecule has 2 unspecified atom stereocenters. The zero-order chi connectivity index (χ0) is 12.3. The Hall–Kier alpha value is -0.820. The highest BCUT2D eigenvalue weighted by Gasteiger charge is 2.40. The van der Waals surface area contributed by atoms with Crippen LogP contribution in [0, 0.1) is 11.8 Å². The van der Waals surface area contributed by atoms with E-state index in [1.165, 1.54) is 42.5 Å². The third-order valence-electron chi connectivity index (χ3n) is 4.47. The molecule has 1 aromatic carbocycles. The van der Waals surface area contributed by atoms with Crippen LogP contribution in [0.2, 0.25) is 0 Å². The molecule has 1 heteroatoms. The molecule has 2 atom stereocenters. The zero-order valence-electron chi connectivity index (χ0n) is 11.5. The van der Waals surface area contributed by atoms with Crippen LogP contribution in [0.1, 0.15) is 32.3 Å². The van der Waals surface area contributed by atoms with Crippen molar-refractivity contribution >= 4 is 0 Å². The number of hydrogen-bond donors (Lipinski definition) is 0. The van der Waals surface area contributed by atoms with Crippen LogP contribution >= 0.6 is 0 Å². The molecule has 0 aliphatic carbocycles. The number of rotatable bonds is 4. The molecule has 0 radical (unpaired) electrons. The fourth-order valence-corrected chi connectivity index (χ4v) is 3.58. The summed E-state index contributed by atoms with van der Waals surface area (Å²) >= 11 is 0. The molecule has 1 nitrogen and oxygen atoms in total. The van der Waals surface area contributed by atoms with Gasteiger partial charge >= 0.3 is 0 Å². The maximum absolute atomic E-state index is 2.44. The SMILES string of the molecule is CCC1C[N+](C)(Cc2ccccc2)CC1CC. The maximum atomic E-state index is 2.44. The molecular weight excluding hydrogens is 206 g/mol. The van der Waals surface area contributed by atoms with Crippen LogP contribution in [-0.2, 0) is 6.54 Å². The molecule has 94 valence electrons. The quantitative estimate of drug-likeness (QED) is 0.694. The number of likely N-dealkylation sites (tertiary alicyclic amines) is 1. The lowest BCUT2D eigenvalue weighted by atomic mass is 9.92. The summed E-state index contributed by atoms with van der Waals surface area (Å²) in [4.78, 5) is 0. The molecule has 0 aromatic heterocycles. The van der Waals surface area contributed by atoms with Gasteiger partial charge in [0, 0.05) is 17.4 Å². The molecule has 0 bridgehead atoms. The van der Waals surface area contributed by atoms with Crippen LogP contribution in [0.3, 0.4) is 0 Å². The third-order valence-corrected chi connectivity index (χ3v) is 4.47. The minimum atomic E-state index is 0.939. The maximum Gasteiger partial charge on any atom is 0.104 e. The van der Waals surface area contributed by atoms with Crippen molar-refractivity contribution < 1.29 is 4.48 Å². The van der Waals surface area contributed by atoms with E-state index in [1.807, 2.05) is 0 Å². The lowest BCUT2D eigenvalue weighted by molar-refractivity contribution is -0.913. The Bertz CT molecular complexity index is 332. The topological polar surface area (TPSA) is 0 Å². The minimum Gasteiger partial charge on any atom is -0.322 e. The zero-order valence-corrected chi connectivity index (χ0v) is 11.5. The number of benzene rings is 1. The van der Waals surface area contributed by atoms with Crippen LogP contribution in [0.4, 0.5) is 0 Å². The van der Waals surface area contributed by atoms with Gasteiger partial charge in [-0.2, -0.15) is 0 Å². The Balaban J connectivity index is 2.06. The first-order valence-corrected chi connectivity index (χ1v) is 7.04. The summed E-state index contributed by atoms with van der Waals surface area (Å²) in [6.07, 6.45) is 2.70. The van der Waals surface area contributed by atoms with E-state index in [0.717, 1.165) is 11.8 Å². The van der Waals surface area contributed by atoms with Gasteiger partial charge in [0.2, 0.25) is 0 Å². The minimum absolute atomic E-state index is 0.939. The molecule has 2 rings (SSSR count). The molecular formula is C16H26N+. The summed E-state index contributed by atoms with van der Waals surface area (Å²) in [7, 11) is 2.44. The number of quaternary nitrogens is 1. The van der Waals surface area contributed by atoms with Gasteiger partial charge in [-0.15, -0.1) is 0 Å². The average molecular weight is 232 g/mol. The van der Waals surface area contributed by atoms with E-state index in [2.05, 4.69) is 51.2 Å². The van der Waals surface area contributed by atoms with Crippen molar-refractivity contribution in [2.75, 3.05) is 20.1 Å². The third kappa shape index (κ3) is 2.90. The van der Waals surface area contributed by atoms with Crippen LogP contribution in [0.5, 0.6) is 0 Å². The first-order valence-electron chi connectivity index (χ1n) is 7.04. The van der Waals surface area contributed by atoms with Gasteiger partial charge in [0.15, 0.2) is 0 Å². The molecule has 1 saturated heterocycles. The molecule has 17 heavy (non-hydrogen) atoms. The lowest BCUT2D eigenvalue weighted by Gasteiger charge is -2.30. The van der Waals surface area contributed by atoms with Gasteiger partial charge in [0.1, 0.15) is 6.54 Å². The van der Waals surface area contributed by atoms with Crippen molar-refractivity contribution in [2.24, 2.45) is 11.8 Å². The van der Waals surface area contributed by atoms with Gasteiger partial charge in [-0.3, -0.25) is 0 Å². The second kappa shape index (κ2) is 5.22. The fourth-order valence-electron chi connectivity index (χ4n) is 3.58. The van der Waals surface area contributed by atoms with Gasteiger partial charge < -0.3 is 4.48 Å². The summed E-state index contributed by atoms with van der Waals surface area (Å²) in [6, 6.07) is 11.0. The fraction of sp³-hybridized carbons (Fsp3) is 0.625. The largest absolute Gasteiger partial charge is 0.322 e. The van der Waals surface area contributed by atoms with Crippen LogP contribution < -0.4 is 0 Å². The molecule has 1 aliphatic rings. The Kier molecular flexibility index (Phi) is 3.88. The molecule has 0 spiro atoms. The number of nitrogens with zero attached hydrogens (tertiary/aromatic N) is 1. The second-order valence-corrected chi connectivity index (χ2v) is 5.97. The molecule has 1 fully saturated rings. The monoisotopic (exact) mass is 232 g/mol. The van der Waals surface area contributed by atoms with E-state index >= 15 is 0 Å². The van der Waals surface area contributed by atoms with Crippen molar-refractivity contribution in [3.63, 3.8) is 0 Å². The average Bonchev–Trinajstić information content (AvgIpc) is 2.67. The van der Waals surface area contributed by atoms with Crippen LogP contribution in [-0.4, -0.2) is 24.6 Å². The highest BCUT2D eigenvalue weighted by molar-refractivity contribution is 5.13.